The first-order chi connectivity index (χ1) is 6.93. The fourth-order valence-corrected chi connectivity index (χ4v) is 0. The van der Waals surface area contributed by atoms with Crippen LogP contribution >= 0.6 is 0 Å². The Morgan fingerprint density at radius 1 is 0.500 bits per heavy atom. The van der Waals surface area contributed by atoms with E-state index in [1.165, 1.54) is 0 Å². The second-order valence-electron chi connectivity index (χ2n) is 0.939. The molecule has 0 aliphatic rings. The Balaban J connectivity index is -0.0000000257. The number of rotatable bonds is 0. The van der Waals surface area contributed by atoms with Crippen LogP contribution in [0.3, 0.4) is 0 Å². The first kappa shape index (κ1) is 36.7. The maximum atomic E-state index is 8.67. The minimum Gasteiger partial charge on any atom is -0.789 e. The van der Waals surface area contributed by atoms with E-state index in [9.17, 15) is 0 Å². The summed E-state index contributed by atoms with van der Waals surface area (Å²) in [5, 5.41) is 22.0. The molecule has 0 fully saturated rings. The van der Waals surface area contributed by atoms with E-state index < -0.39 is 45.1 Å². The van der Waals surface area contributed by atoms with Gasteiger partial charge in [0.25, 0.3) is 0 Å². The van der Waals surface area contributed by atoms with Crippen molar-refractivity contribution in [3.8, 4) is 0 Å². The van der Waals surface area contributed by atoms with Gasteiger partial charge < -0.3 is 38.8 Å². The maximum Gasteiger partial charge on any atom is 2.00 e. The summed E-state index contributed by atoms with van der Waals surface area (Å²) in [6.45, 7) is 0. The van der Waals surface area contributed by atoms with Crippen LogP contribution in [0, 0.1) is 0 Å². The van der Waals surface area contributed by atoms with Crippen LogP contribution in [-0.2, 0) is 88.5 Å². The molecule has 0 bridgehead atoms. The van der Waals surface area contributed by atoms with Crippen molar-refractivity contribution in [1.82, 2.24) is 0 Å². The van der Waals surface area contributed by atoms with E-state index in [1.54, 1.807) is 0 Å². The molecule has 12 nitrogen and oxygen atoms in total. The van der Waals surface area contributed by atoms with Crippen LogP contribution in [0.25, 0.3) is 20.6 Å². The molecule has 4 unspecified atom stereocenters. The molecule has 0 aliphatic heterocycles. The van der Waals surface area contributed by atoms with Gasteiger partial charge in [0.15, 0.2) is 0 Å². The third-order valence-electron chi connectivity index (χ3n) is 0. The zero-order valence-corrected chi connectivity index (χ0v) is 14.3. The first-order valence-electron chi connectivity index (χ1n) is 2.15. The van der Waals surface area contributed by atoms with Gasteiger partial charge in [0.1, 0.15) is 0 Å². The van der Waals surface area contributed by atoms with E-state index >= 15 is 0 Å². The normalized spacial score (nSPS) is 13.8. The van der Waals surface area contributed by atoms with Crippen LogP contribution in [0.2, 0.25) is 0 Å². The Kier molecular flexibility index (Phi) is 63.7. The van der Waals surface area contributed by atoms with Gasteiger partial charge in [0, 0.05) is 0 Å². The Morgan fingerprint density at radius 2 is 0.500 bits per heavy atom. The van der Waals surface area contributed by atoms with Crippen molar-refractivity contribution in [2.75, 3.05) is 0 Å². The molecule has 0 aliphatic carbocycles. The standard InChI is InChI=1S/4H2NO2S.2Ti/c4*1-4(2)3;;/h4*1H,(H,2,3);;/q4*-1;2*+2/p-4. The molecule has 0 spiro atoms. The summed E-state index contributed by atoms with van der Waals surface area (Å²) < 4.78 is 69.3. The molecular weight excluding hydrogens is 408 g/mol. The van der Waals surface area contributed by atoms with Gasteiger partial charge in [-0.05, 0) is 0 Å². The third-order valence-corrected chi connectivity index (χ3v) is 0. The number of hydrogen-bond acceptors (Lipinski definition) is 8. The minimum atomic E-state index is -2.61. The van der Waals surface area contributed by atoms with Crippen molar-refractivity contribution < 1.29 is 78.5 Å². The Morgan fingerprint density at radius 3 is 0.500 bits per heavy atom. The molecule has 4 N–H and O–H groups in total. The van der Waals surface area contributed by atoms with E-state index in [0.29, 0.717) is 0 Å². The van der Waals surface area contributed by atoms with Crippen molar-refractivity contribution in [3.63, 3.8) is 0 Å². The van der Waals surface area contributed by atoms with Crippen LogP contribution in [0.4, 0.5) is 0 Å². The largest absolute Gasteiger partial charge is 2.00 e. The van der Waals surface area contributed by atoms with E-state index in [-0.39, 0.29) is 43.4 Å². The predicted molar refractivity (Wildman–Crippen MR) is 53.0 cm³/mol. The molecule has 0 aromatic rings. The smallest absolute Gasteiger partial charge is 0.789 e. The van der Waals surface area contributed by atoms with E-state index in [2.05, 4.69) is 0 Å². The molecule has 0 saturated carbocycles. The van der Waals surface area contributed by atoms with Gasteiger partial charge >= 0.3 is 43.4 Å². The molecule has 4 atom stereocenters. The zero-order valence-electron chi connectivity index (χ0n) is 7.90. The van der Waals surface area contributed by atoms with Crippen molar-refractivity contribution >= 4 is 45.1 Å². The van der Waals surface area contributed by atoms with Crippen molar-refractivity contribution in [2.45, 2.75) is 0 Å². The molecule has 18 heteroatoms. The predicted octanol–water partition coefficient (Wildman–Crippen LogP) is -0.674. The average molecular weight is 412 g/mol. The monoisotopic (exact) mass is 412 g/mol. The summed E-state index contributed by atoms with van der Waals surface area (Å²) in [7, 11) is 0. The van der Waals surface area contributed by atoms with Gasteiger partial charge in [-0.25, -0.2) is 0 Å². The molecule has 108 valence electrons. The van der Waals surface area contributed by atoms with E-state index in [0.717, 1.165) is 0 Å². The summed E-state index contributed by atoms with van der Waals surface area (Å²) in [5.41, 5.74) is 0. The fourth-order valence-electron chi connectivity index (χ4n) is 0. The summed E-state index contributed by atoms with van der Waals surface area (Å²) in [4.78, 5) is 0. The van der Waals surface area contributed by atoms with Crippen molar-refractivity contribution in [2.24, 2.45) is 0 Å². The second kappa shape index (κ2) is 31.2. The summed E-state index contributed by atoms with van der Waals surface area (Å²) in [6.07, 6.45) is 0. The molecule has 0 rings (SSSR count). The third kappa shape index (κ3) is 1690. The average Bonchev–Trinajstić information content (AvgIpc) is 1.76. The van der Waals surface area contributed by atoms with Crippen LogP contribution in [0.1, 0.15) is 0 Å². The van der Waals surface area contributed by atoms with Crippen LogP contribution in [0.5, 0.6) is 0 Å². The molecule has 0 aromatic carbocycles. The van der Waals surface area contributed by atoms with Gasteiger partial charge in [0.05, 0.1) is 0 Å². The summed E-state index contributed by atoms with van der Waals surface area (Å²) in [6, 6.07) is 0. The minimum absolute atomic E-state index is 0. The maximum absolute atomic E-state index is 8.67. The van der Waals surface area contributed by atoms with Crippen LogP contribution < -0.4 is 0 Å². The zero-order chi connectivity index (χ0) is 14.3. The first-order valence-corrected chi connectivity index (χ1v) is 6.45. The van der Waals surface area contributed by atoms with Gasteiger partial charge in [-0.2, -0.15) is 45.1 Å². The van der Waals surface area contributed by atoms with E-state index in [1.807, 2.05) is 0 Å². The SMILES string of the molecule is [NH-]S(=O)[O-].[NH-]S(=O)[O-].[NH-]S(=O)[O-].[NH-]S(=O)[O-].[Ti+2].[Ti+2]. The molecule has 0 amide bonds. The van der Waals surface area contributed by atoms with Crippen molar-refractivity contribution in [1.29, 1.82) is 0 Å². The van der Waals surface area contributed by atoms with Gasteiger partial charge in [-0.3, -0.25) is 16.8 Å². The molecular formula is H4N4O8S4Ti2-4. The van der Waals surface area contributed by atoms with Crippen molar-refractivity contribution in [3.05, 3.63) is 20.6 Å². The van der Waals surface area contributed by atoms with Gasteiger partial charge in [-0.15, -0.1) is 0 Å². The second-order valence-corrected chi connectivity index (χ2v) is 2.82. The Bertz CT molecular complexity index is 173. The van der Waals surface area contributed by atoms with Crippen LogP contribution in [0.15, 0.2) is 0 Å². The molecule has 0 aromatic heterocycles. The number of hydrogen-bond donors (Lipinski definition) is 0. The Labute approximate surface area is 143 Å². The summed E-state index contributed by atoms with van der Waals surface area (Å²) in [5.74, 6) is 0. The molecule has 18 heavy (non-hydrogen) atoms. The molecule has 0 heterocycles. The molecule has 0 radical (unpaired) electrons. The summed E-state index contributed by atoms with van der Waals surface area (Å²) >= 11 is -10.4. The Hall–Kier alpha value is 1.71. The van der Waals surface area contributed by atoms with Gasteiger partial charge in [0.2, 0.25) is 0 Å². The topological polar surface area (TPSA) is 256 Å². The van der Waals surface area contributed by atoms with Gasteiger partial charge in [-0.1, -0.05) is 0 Å². The van der Waals surface area contributed by atoms with Crippen LogP contribution in [-0.4, -0.2) is 35.0 Å². The fraction of sp³-hybridized carbons (Fsp3) is 0. The van der Waals surface area contributed by atoms with E-state index in [4.69, 9.17) is 55.6 Å². The number of nitrogens with one attached hydrogen (secondary N) is 4. The molecule has 0 saturated heterocycles. The quantitative estimate of drug-likeness (QED) is 0.363.